The Bertz CT molecular complexity index is 736. The number of nitrogens with one attached hydrogen (secondary N) is 1. The van der Waals surface area contributed by atoms with Gasteiger partial charge in [0.2, 0.25) is 15.9 Å². The molecule has 1 amide bonds. The van der Waals surface area contributed by atoms with Gasteiger partial charge < -0.3 is 9.88 Å². The van der Waals surface area contributed by atoms with Crippen LogP contribution in [0.5, 0.6) is 0 Å². The molecular formula is C16H25N3O4S. The van der Waals surface area contributed by atoms with E-state index in [0.717, 1.165) is 30.3 Å². The zero-order chi connectivity index (χ0) is 17.7. The van der Waals surface area contributed by atoms with Gasteiger partial charge >= 0.3 is 0 Å². The van der Waals surface area contributed by atoms with Crippen molar-refractivity contribution in [3.05, 3.63) is 28.7 Å². The minimum absolute atomic E-state index is 0.00784. The second kappa shape index (κ2) is 7.94. The van der Waals surface area contributed by atoms with E-state index >= 15 is 0 Å². The Morgan fingerprint density at radius 2 is 1.92 bits per heavy atom. The van der Waals surface area contributed by atoms with Crippen molar-refractivity contribution in [3.63, 3.8) is 0 Å². The third kappa shape index (κ3) is 4.45. The first-order valence-corrected chi connectivity index (χ1v) is 9.78. The molecule has 7 nitrogen and oxygen atoms in total. The SMILES string of the molecule is CCC(C)NC(=O)Cn1cc(S(=O)(=O)N2CCCCC2)ccc1=O. The average Bonchev–Trinajstić information content (AvgIpc) is 2.57. The van der Waals surface area contributed by atoms with Gasteiger partial charge in [-0.3, -0.25) is 9.59 Å². The lowest BCUT2D eigenvalue weighted by Gasteiger charge is -2.26. The molecule has 0 aromatic carbocycles. The number of rotatable bonds is 6. The standard InChI is InChI=1S/C16H25N3O4S/c1-3-13(2)17-15(20)12-18-11-14(7-8-16(18)21)24(22,23)19-9-5-4-6-10-19/h7-8,11,13H,3-6,9-10,12H2,1-2H3,(H,17,20). The number of carbonyl (C=O) groups is 1. The summed E-state index contributed by atoms with van der Waals surface area (Å²) in [5, 5.41) is 2.77. The zero-order valence-corrected chi connectivity index (χ0v) is 15.0. The van der Waals surface area contributed by atoms with Crippen LogP contribution >= 0.6 is 0 Å². The highest BCUT2D eigenvalue weighted by molar-refractivity contribution is 7.89. The molecule has 24 heavy (non-hydrogen) atoms. The molecule has 0 saturated carbocycles. The van der Waals surface area contributed by atoms with E-state index in [4.69, 9.17) is 0 Å². The Balaban J connectivity index is 2.21. The highest BCUT2D eigenvalue weighted by atomic mass is 32.2. The van der Waals surface area contributed by atoms with E-state index in [1.54, 1.807) is 0 Å². The van der Waals surface area contributed by atoms with Crippen molar-refractivity contribution in [2.75, 3.05) is 13.1 Å². The maximum absolute atomic E-state index is 12.7. The molecule has 0 aliphatic carbocycles. The lowest BCUT2D eigenvalue weighted by atomic mass is 10.2. The van der Waals surface area contributed by atoms with Gasteiger partial charge in [-0.2, -0.15) is 4.31 Å². The third-order valence-electron chi connectivity index (χ3n) is 4.24. The lowest BCUT2D eigenvalue weighted by molar-refractivity contribution is -0.122. The molecule has 134 valence electrons. The summed E-state index contributed by atoms with van der Waals surface area (Å²) in [4.78, 5) is 24.0. The second-order valence-electron chi connectivity index (χ2n) is 6.17. The van der Waals surface area contributed by atoms with Crippen LogP contribution in [-0.4, -0.2) is 42.3 Å². The maximum Gasteiger partial charge on any atom is 0.251 e. The van der Waals surface area contributed by atoms with E-state index in [2.05, 4.69) is 5.32 Å². The number of sulfonamides is 1. The fourth-order valence-electron chi connectivity index (χ4n) is 2.62. The highest BCUT2D eigenvalue weighted by Crippen LogP contribution is 2.19. The van der Waals surface area contributed by atoms with Gasteiger partial charge in [0.15, 0.2) is 0 Å². The van der Waals surface area contributed by atoms with Crippen molar-refractivity contribution in [2.24, 2.45) is 0 Å². The Labute approximate surface area is 142 Å². The van der Waals surface area contributed by atoms with Crippen LogP contribution in [0, 0.1) is 0 Å². The topological polar surface area (TPSA) is 88.5 Å². The van der Waals surface area contributed by atoms with Gasteiger partial charge in [-0.1, -0.05) is 13.3 Å². The fourth-order valence-corrected chi connectivity index (χ4v) is 4.15. The fraction of sp³-hybridized carbons (Fsp3) is 0.625. The van der Waals surface area contributed by atoms with Gasteiger partial charge in [0.05, 0.1) is 4.90 Å². The molecule has 1 aliphatic heterocycles. The van der Waals surface area contributed by atoms with Crippen LogP contribution in [0.25, 0.3) is 0 Å². The summed E-state index contributed by atoms with van der Waals surface area (Å²) < 4.78 is 27.9. The predicted octanol–water partition coefficient (Wildman–Crippen LogP) is 0.938. The summed E-state index contributed by atoms with van der Waals surface area (Å²) in [7, 11) is -3.62. The van der Waals surface area contributed by atoms with Crippen LogP contribution in [0.3, 0.4) is 0 Å². The molecule has 1 saturated heterocycles. The summed E-state index contributed by atoms with van der Waals surface area (Å²) in [5.74, 6) is -0.307. The molecule has 2 rings (SSSR count). The summed E-state index contributed by atoms with van der Waals surface area (Å²) >= 11 is 0. The molecule has 1 aromatic rings. The Morgan fingerprint density at radius 1 is 1.25 bits per heavy atom. The van der Waals surface area contributed by atoms with E-state index in [1.165, 1.54) is 22.6 Å². The van der Waals surface area contributed by atoms with Crippen molar-refractivity contribution in [1.82, 2.24) is 14.2 Å². The minimum atomic E-state index is -3.62. The number of piperidine rings is 1. The molecule has 0 radical (unpaired) electrons. The van der Waals surface area contributed by atoms with Gasteiger partial charge in [-0.15, -0.1) is 0 Å². The van der Waals surface area contributed by atoms with Gasteiger partial charge in [-0.25, -0.2) is 8.42 Å². The van der Waals surface area contributed by atoms with Gasteiger partial charge in [-0.05, 0) is 32.3 Å². The monoisotopic (exact) mass is 355 g/mol. The van der Waals surface area contributed by atoms with Crippen molar-refractivity contribution < 1.29 is 13.2 Å². The first-order chi connectivity index (χ1) is 11.3. The number of carbonyl (C=O) groups excluding carboxylic acids is 1. The molecule has 1 N–H and O–H groups in total. The normalized spacial score (nSPS) is 17.4. The van der Waals surface area contributed by atoms with Gasteiger partial charge in [0, 0.05) is 31.4 Å². The number of pyridine rings is 1. The molecule has 0 bridgehead atoms. The zero-order valence-electron chi connectivity index (χ0n) is 14.2. The molecule has 1 aliphatic rings. The second-order valence-corrected chi connectivity index (χ2v) is 8.11. The Morgan fingerprint density at radius 3 is 2.54 bits per heavy atom. The number of hydrogen-bond donors (Lipinski definition) is 1. The van der Waals surface area contributed by atoms with Crippen molar-refractivity contribution in [1.29, 1.82) is 0 Å². The van der Waals surface area contributed by atoms with Crippen molar-refractivity contribution in [3.8, 4) is 0 Å². The quantitative estimate of drug-likeness (QED) is 0.822. The molecule has 1 aromatic heterocycles. The average molecular weight is 355 g/mol. The maximum atomic E-state index is 12.7. The number of nitrogens with zero attached hydrogens (tertiary/aromatic N) is 2. The lowest BCUT2D eigenvalue weighted by Crippen LogP contribution is -2.38. The third-order valence-corrected chi connectivity index (χ3v) is 6.13. The summed E-state index contributed by atoms with van der Waals surface area (Å²) in [6.45, 7) is 4.62. The Kier molecular flexibility index (Phi) is 6.17. The first kappa shape index (κ1) is 18.7. The first-order valence-electron chi connectivity index (χ1n) is 8.34. The predicted molar refractivity (Wildman–Crippen MR) is 91.2 cm³/mol. The summed E-state index contributed by atoms with van der Waals surface area (Å²) in [5.41, 5.74) is -0.396. The van der Waals surface area contributed by atoms with E-state index in [9.17, 15) is 18.0 Å². The van der Waals surface area contributed by atoms with Crippen LogP contribution in [0.1, 0.15) is 39.5 Å². The Hall–Kier alpha value is -1.67. The van der Waals surface area contributed by atoms with Crippen LogP contribution in [0.4, 0.5) is 0 Å². The van der Waals surface area contributed by atoms with Gasteiger partial charge in [0.25, 0.3) is 5.56 Å². The molecule has 1 unspecified atom stereocenters. The van der Waals surface area contributed by atoms with Crippen molar-refractivity contribution in [2.45, 2.75) is 57.0 Å². The highest BCUT2D eigenvalue weighted by Gasteiger charge is 2.26. The molecule has 8 heteroatoms. The summed E-state index contributed by atoms with van der Waals surface area (Å²) in [6, 6.07) is 2.52. The molecule has 1 atom stereocenters. The smallest absolute Gasteiger partial charge is 0.251 e. The van der Waals surface area contributed by atoms with E-state index in [-0.39, 0.29) is 23.4 Å². The van der Waals surface area contributed by atoms with Crippen LogP contribution in [0.2, 0.25) is 0 Å². The van der Waals surface area contributed by atoms with Crippen molar-refractivity contribution >= 4 is 15.9 Å². The largest absolute Gasteiger partial charge is 0.352 e. The van der Waals surface area contributed by atoms with E-state index in [1.807, 2.05) is 13.8 Å². The van der Waals surface area contributed by atoms with Gasteiger partial charge in [0.1, 0.15) is 6.54 Å². The van der Waals surface area contributed by atoms with Crippen LogP contribution in [-0.2, 0) is 21.4 Å². The number of hydrogen-bond acceptors (Lipinski definition) is 4. The number of aromatic nitrogens is 1. The van der Waals surface area contributed by atoms with Crippen LogP contribution in [0.15, 0.2) is 28.0 Å². The summed E-state index contributed by atoms with van der Waals surface area (Å²) in [6.07, 6.45) is 4.76. The number of amides is 1. The van der Waals surface area contributed by atoms with E-state index < -0.39 is 15.6 Å². The van der Waals surface area contributed by atoms with Crippen LogP contribution < -0.4 is 10.9 Å². The minimum Gasteiger partial charge on any atom is -0.352 e. The molecular weight excluding hydrogens is 330 g/mol. The van der Waals surface area contributed by atoms with E-state index in [0.29, 0.717) is 13.1 Å². The molecule has 0 spiro atoms. The molecule has 2 heterocycles. The molecule has 1 fully saturated rings.